The minimum absolute atomic E-state index is 0.299. The van der Waals surface area contributed by atoms with Crippen molar-refractivity contribution in [2.45, 2.75) is 6.92 Å². The summed E-state index contributed by atoms with van der Waals surface area (Å²) in [6, 6.07) is 6.67. The smallest absolute Gasteiger partial charge is 0.257 e. The molecule has 1 amide bonds. The van der Waals surface area contributed by atoms with Crippen molar-refractivity contribution in [1.29, 1.82) is 0 Å². The van der Waals surface area contributed by atoms with Gasteiger partial charge in [0.2, 0.25) is 0 Å². The average molecular weight is 277 g/mol. The largest absolute Gasteiger partial charge is 0.323 e. The summed E-state index contributed by atoms with van der Waals surface area (Å²) < 4.78 is 0. The first kappa shape index (κ1) is 13.3. The van der Waals surface area contributed by atoms with Crippen LogP contribution in [0.15, 0.2) is 36.7 Å². The first-order valence-electron chi connectivity index (χ1n) is 5.60. The molecule has 4 N–H and O–H groups in total. The fraction of sp³-hybridized carbons (Fsp3) is 0.0769. The van der Waals surface area contributed by atoms with E-state index < -0.39 is 0 Å². The highest BCUT2D eigenvalue weighted by atomic mass is 35.5. The molecule has 6 heteroatoms. The standard InChI is InChI=1S/C13H13ClN4O/c1-8-4-5-16-7-12(8)17-13(19)10-6-9(14)2-3-11(10)18-15/h2-7,18H,15H2,1H3,(H,17,19). The maximum absolute atomic E-state index is 12.2. The maximum atomic E-state index is 12.2. The molecule has 1 heterocycles. The summed E-state index contributed by atoms with van der Waals surface area (Å²) in [4.78, 5) is 16.2. The summed E-state index contributed by atoms with van der Waals surface area (Å²) in [6.07, 6.45) is 3.25. The molecule has 0 unspecified atom stereocenters. The van der Waals surface area contributed by atoms with E-state index in [0.717, 1.165) is 5.56 Å². The highest BCUT2D eigenvalue weighted by molar-refractivity contribution is 6.31. The van der Waals surface area contributed by atoms with Crippen LogP contribution in [0.5, 0.6) is 0 Å². The first-order chi connectivity index (χ1) is 9.11. The molecule has 0 fully saturated rings. The second-order valence-corrected chi connectivity index (χ2v) is 4.42. The Kier molecular flexibility index (Phi) is 3.99. The summed E-state index contributed by atoms with van der Waals surface area (Å²) in [7, 11) is 0. The van der Waals surface area contributed by atoms with E-state index in [-0.39, 0.29) is 5.91 Å². The highest BCUT2D eigenvalue weighted by Gasteiger charge is 2.12. The van der Waals surface area contributed by atoms with Crippen molar-refractivity contribution in [1.82, 2.24) is 4.98 Å². The lowest BCUT2D eigenvalue weighted by molar-refractivity contribution is 0.102. The van der Waals surface area contributed by atoms with Gasteiger partial charge >= 0.3 is 0 Å². The van der Waals surface area contributed by atoms with E-state index in [0.29, 0.717) is 22.0 Å². The molecule has 0 aliphatic rings. The lowest BCUT2D eigenvalue weighted by atomic mass is 10.1. The zero-order valence-corrected chi connectivity index (χ0v) is 11.0. The number of carbonyl (C=O) groups is 1. The number of amides is 1. The van der Waals surface area contributed by atoms with E-state index >= 15 is 0 Å². The Bertz CT molecular complexity index is 615. The number of nitrogens with zero attached hydrogens (tertiary/aromatic N) is 1. The topological polar surface area (TPSA) is 80.0 Å². The fourth-order valence-corrected chi connectivity index (χ4v) is 1.79. The molecule has 2 aromatic rings. The summed E-state index contributed by atoms with van der Waals surface area (Å²) in [5.41, 5.74) is 4.92. The van der Waals surface area contributed by atoms with Crippen molar-refractivity contribution < 1.29 is 4.79 Å². The number of hydrazine groups is 1. The fourth-order valence-electron chi connectivity index (χ4n) is 1.61. The Balaban J connectivity index is 2.30. The van der Waals surface area contributed by atoms with E-state index in [2.05, 4.69) is 15.7 Å². The molecule has 98 valence electrons. The number of nitrogens with one attached hydrogen (secondary N) is 2. The minimum Gasteiger partial charge on any atom is -0.323 e. The van der Waals surface area contributed by atoms with Crippen LogP contribution in [0.1, 0.15) is 15.9 Å². The molecule has 0 saturated heterocycles. The van der Waals surface area contributed by atoms with Crippen LogP contribution in [-0.4, -0.2) is 10.9 Å². The van der Waals surface area contributed by atoms with Gasteiger partial charge in [-0.15, -0.1) is 0 Å². The molecule has 0 atom stereocenters. The van der Waals surface area contributed by atoms with Crippen molar-refractivity contribution in [2.75, 3.05) is 10.7 Å². The Morgan fingerprint density at radius 3 is 2.79 bits per heavy atom. The monoisotopic (exact) mass is 276 g/mol. The Morgan fingerprint density at radius 1 is 1.32 bits per heavy atom. The van der Waals surface area contributed by atoms with Crippen LogP contribution < -0.4 is 16.6 Å². The van der Waals surface area contributed by atoms with Gasteiger partial charge in [0.15, 0.2) is 0 Å². The molecule has 0 saturated carbocycles. The van der Waals surface area contributed by atoms with Crippen LogP contribution >= 0.6 is 11.6 Å². The van der Waals surface area contributed by atoms with E-state index in [1.54, 1.807) is 30.6 Å². The SMILES string of the molecule is Cc1ccncc1NC(=O)c1cc(Cl)ccc1NN. The number of pyridine rings is 1. The third-order valence-electron chi connectivity index (χ3n) is 2.67. The Labute approximate surface area is 115 Å². The van der Waals surface area contributed by atoms with Crippen molar-refractivity contribution in [3.8, 4) is 0 Å². The molecular weight excluding hydrogens is 264 g/mol. The summed E-state index contributed by atoms with van der Waals surface area (Å²) in [6.45, 7) is 1.89. The van der Waals surface area contributed by atoms with E-state index in [1.165, 1.54) is 0 Å². The molecule has 0 spiro atoms. The molecule has 1 aromatic carbocycles. The summed E-state index contributed by atoms with van der Waals surface area (Å²) in [5.74, 6) is 5.08. The van der Waals surface area contributed by atoms with Crippen LogP contribution in [0.3, 0.4) is 0 Å². The van der Waals surface area contributed by atoms with Gasteiger partial charge in [0.05, 0.1) is 23.1 Å². The number of anilines is 2. The van der Waals surface area contributed by atoms with E-state index in [9.17, 15) is 4.79 Å². The number of rotatable bonds is 3. The van der Waals surface area contributed by atoms with Crippen LogP contribution in [0.2, 0.25) is 5.02 Å². The lowest BCUT2D eigenvalue weighted by Gasteiger charge is -2.11. The second kappa shape index (κ2) is 5.69. The van der Waals surface area contributed by atoms with Gasteiger partial charge in [0, 0.05) is 11.2 Å². The van der Waals surface area contributed by atoms with Crippen molar-refractivity contribution in [3.05, 3.63) is 52.8 Å². The predicted molar refractivity (Wildman–Crippen MR) is 76.2 cm³/mol. The van der Waals surface area contributed by atoms with E-state index in [4.69, 9.17) is 17.4 Å². The number of carbonyl (C=O) groups excluding carboxylic acids is 1. The van der Waals surface area contributed by atoms with Gasteiger partial charge in [-0.25, -0.2) is 0 Å². The van der Waals surface area contributed by atoms with Crippen LogP contribution in [0, 0.1) is 6.92 Å². The van der Waals surface area contributed by atoms with Crippen LogP contribution in [0.25, 0.3) is 0 Å². The molecule has 1 aromatic heterocycles. The van der Waals surface area contributed by atoms with Gasteiger partial charge in [0.1, 0.15) is 0 Å². The lowest BCUT2D eigenvalue weighted by Crippen LogP contribution is -2.17. The summed E-state index contributed by atoms with van der Waals surface area (Å²) >= 11 is 5.89. The number of nitrogens with two attached hydrogens (primary N) is 1. The van der Waals surface area contributed by atoms with Gasteiger partial charge in [-0.3, -0.25) is 15.6 Å². The van der Waals surface area contributed by atoms with Gasteiger partial charge in [-0.05, 0) is 36.8 Å². The molecule has 2 rings (SSSR count). The van der Waals surface area contributed by atoms with Gasteiger partial charge in [0.25, 0.3) is 5.91 Å². The number of hydrogen-bond donors (Lipinski definition) is 3. The first-order valence-corrected chi connectivity index (χ1v) is 5.97. The zero-order chi connectivity index (χ0) is 13.8. The molecule has 5 nitrogen and oxygen atoms in total. The molecule has 0 aliphatic carbocycles. The van der Waals surface area contributed by atoms with Crippen LogP contribution in [-0.2, 0) is 0 Å². The normalized spacial score (nSPS) is 10.1. The number of nitrogen functional groups attached to an aromatic ring is 1. The molecule has 19 heavy (non-hydrogen) atoms. The third kappa shape index (κ3) is 3.01. The average Bonchev–Trinajstić information content (AvgIpc) is 2.41. The van der Waals surface area contributed by atoms with Gasteiger partial charge in [-0.2, -0.15) is 0 Å². The number of aryl methyl sites for hydroxylation is 1. The minimum atomic E-state index is -0.299. The Hall–Kier alpha value is -2.11. The second-order valence-electron chi connectivity index (χ2n) is 3.98. The van der Waals surface area contributed by atoms with Gasteiger partial charge < -0.3 is 10.7 Å². The molecular formula is C13H13ClN4O. The van der Waals surface area contributed by atoms with Gasteiger partial charge in [-0.1, -0.05) is 11.6 Å². The predicted octanol–water partition coefficient (Wildman–Crippen LogP) is 2.58. The maximum Gasteiger partial charge on any atom is 0.257 e. The number of halogens is 1. The number of hydrogen-bond acceptors (Lipinski definition) is 4. The van der Waals surface area contributed by atoms with Crippen molar-refractivity contribution >= 4 is 28.9 Å². The molecule has 0 bridgehead atoms. The highest BCUT2D eigenvalue weighted by Crippen LogP contribution is 2.21. The third-order valence-corrected chi connectivity index (χ3v) is 2.90. The molecule has 0 radical (unpaired) electrons. The van der Waals surface area contributed by atoms with Crippen LogP contribution in [0.4, 0.5) is 11.4 Å². The van der Waals surface area contributed by atoms with Crippen molar-refractivity contribution in [2.24, 2.45) is 5.84 Å². The van der Waals surface area contributed by atoms with E-state index in [1.807, 2.05) is 13.0 Å². The number of aromatic nitrogens is 1. The zero-order valence-electron chi connectivity index (χ0n) is 10.3. The number of benzene rings is 1. The summed E-state index contributed by atoms with van der Waals surface area (Å²) in [5, 5.41) is 3.24. The molecule has 0 aliphatic heterocycles. The Morgan fingerprint density at radius 2 is 2.11 bits per heavy atom. The quantitative estimate of drug-likeness (QED) is 0.595. The van der Waals surface area contributed by atoms with Crippen molar-refractivity contribution in [3.63, 3.8) is 0 Å².